The topological polar surface area (TPSA) is 152 Å². The molecule has 0 saturated heterocycles. The quantitative estimate of drug-likeness (QED) is 0.180. The number of aliphatic carboxylic acids is 1. The number of nitrogens with one attached hydrogen (secondary N) is 1. The Labute approximate surface area is 284 Å². The molecule has 0 radical (unpaired) electrons. The van der Waals surface area contributed by atoms with E-state index in [0.29, 0.717) is 33.5 Å². The van der Waals surface area contributed by atoms with Crippen molar-refractivity contribution in [3.05, 3.63) is 107 Å². The maximum atomic E-state index is 14.2. The van der Waals surface area contributed by atoms with E-state index in [4.69, 9.17) is 0 Å². The van der Waals surface area contributed by atoms with Crippen molar-refractivity contribution < 1.29 is 42.1 Å². The van der Waals surface area contributed by atoms with Crippen LogP contribution < -0.4 is 10.4 Å². The van der Waals surface area contributed by atoms with Gasteiger partial charge in [-0.1, -0.05) is 42.5 Å². The summed E-state index contributed by atoms with van der Waals surface area (Å²) in [6.07, 6.45) is -0.711. The van der Waals surface area contributed by atoms with Gasteiger partial charge < -0.3 is 30.0 Å². The van der Waals surface area contributed by atoms with Gasteiger partial charge in [-0.25, -0.2) is 21.5 Å². The van der Waals surface area contributed by atoms with E-state index in [9.17, 15) is 42.1 Å². The Morgan fingerprint density at radius 2 is 1.43 bits per heavy atom. The minimum Gasteiger partial charge on any atom is -0.550 e. The third kappa shape index (κ3) is 8.86. The van der Waals surface area contributed by atoms with E-state index in [1.54, 1.807) is 22.8 Å². The second-order valence-electron chi connectivity index (χ2n) is 12.0. The molecule has 4 rings (SSSR count). The summed E-state index contributed by atoms with van der Waals surface area (Å²) in [5, 5.41) is 34.5. The molecule has 1 heterocycles. The van der Waals surface area contributed by atoms with Crippen molar-refractivity contribution in [2.75, 3.05) is 14.1 Å². The van der Waals surface area contributed by atoms with Crippen molar-refractivity contribution in [3.63, 3.8) is 0 Å². The first kappa shape index (κ1) is 37.1. The first-order valence-electron chi connectivity index (χ1n) is 15.4. The number of carboxylic acid groups (broad SMARTS) is 1. The summed E-state index contributed by atoms with van der Waals surface area (Å²) in [4.78, 5) is 25.2. The first-order valence-corrected chi connectivity index (χ1v) is 16.9. The molecule has 4 aromatic rings. The molecule has 49 heavy (non-hydrogen) atoms. The fraction of sp³-hybridized carbons (Fsp3) is 0.278. The lowest BCUT2D eigenvalue weighted by molar-refractivity contribution is -0.307. The molecule has 0 aliphatic heterocycles. The lowest BCUT2D eigenvalue weighted by Crippen LogP contribution is -2.29. The van der Waals surface area contributed by atoms with Gasteiger partial charge in [0.25, 0.3) is 5.91 Å². The van der Waals surface area contributed by atoms with E-state index in [-0.39, 0.29) is 29.6 Å². The molecule has 0 fully saturated rings. The Morgan fingerprint density at radius 3 is 1.92 bits per heavy atom. The van der Waals surface area contributed by atoms with Gasteiger partial charge in [-0.05, 0) is 73.0 Å². The van der Waals surface area contributed by atoms with E-state index >= 15 is 0 Å². The highest BCUT2D eigenvalue weighted by Crippen LogP contribution is 2.42. The summed E-state index contributed by atoms with van der Waals surface area (Å²) >= 11 is 0. The SMILES string of the molecule is CC(C)n1c(/C=C/[C@@H](O)C[C@@H](O)CC(=O)[O-])c(-c2ccc(F)cc2)c(-c2ccc(F)cc2)c1C(=O)NCc1ccc(S(=O)(=O)N(C)C)cc1. The Hall–Kier alpha value is -4.69. The number of aliphatic hydroxyl groups excluding tert-OH is 2. The van der Waals surface area contributed by atoms with Crippen molar-refractivity contribution in [1.29, 1.82) is 0 Å². The van der Waals surface area contributed by atoms with Gasteiger partial charge in [0.15, 0.2) is 0 Å². The smallest absolute Gasteiger partial charge is 0.268 e. The molecule has 3 N–H and O–H groups in total. The van der Waals surface area contributed by atoms with Crippen molar-refractivity contribution in [2.24, 2.45) is 0 Å². The summed E-state index contributed by atoms with van der Waals surface area (Å²) < 4.78 is 56.0. The molecule has 2 atom stereocenters. The van der Waals surface area contributed by atoms with E-state index in [1.165, 1.54) is 80.8 Å². The van der Waals surface area contributed by atoms with Crippen molar-refractivity contribution >= 4 is 28.0 Å². The number of benzene rings is 3. The number of hydrogen-bond donors (Lipinski definition) is 3. The fourth-order valence-corrected chi connectivity index (χ4v) is 6.33. The average Bonchev–Trinajstić information content (AvgIpc) is 3.38. The van der Waals surface area contributed by atoms with E-state index in [2.05, 4.69) is 5.32 Å². The van der Waals surface area contributed by atoms with E-state index < -0.39 is 52.2 Å². The Balaban J connectivity index is 1.87. The van der Waals surface area contributed by atoms with Crippen LogP contribution >= 0.6 is 0 Å². The molecular weight excluding hydrogens is 656 g/mol. The van der Waals surface area contributed by atoms with Crippen LogP contribution in [-0.4, -0.2) is 65.7 Å². The Morgan fingerprint density at radius 1 is 0.898 bits per heavy atom. The molecule has 0 spiro atoms. The molecule has 0 aliphatic carbocycles. The van der Waals surface area contributed by atoms with Gasteiger partial charge >= 0.3 is 0 Å². The van der Waals surface area contributed by atoms with Crippen LogP contribution in [0.15, 0.2) is 83.8 Å². The molecular formula is C36H38F2N3O7S-. The van der Waals surface area contributed by atoms with Crippen molar-refractivity contribution in [3.8, 4) is 22.3 Å². The minimum atomic E-state index is -3.65. The summed E-state index contributed by atoms with van der Waals surface area (Å²) in [6.45, 7) is 3.70. The Bertz CT molecular complexity index is 1920. The highest BCUT2D eigenvalue weighted by atomic mass is 32.2. The molecule has 1 amide bonds. The lowest BCUT2D eigenvalue weighted by Gasteiger charge is -2.18. The molecule has 13 heteroatoms. The molecule has 3 aromatic carbocycles. The maximum Gasteiger partial charge on any atom is 0.268 e. The third-order valence-corrected chi connectivity index (χ3v) is 9.62. The van der Waals surface area contributed by atoms with Crippen LogP contribution in [-0.2, 0) is 21.4 Å². The first-order chi connectivity index (χ1) is 23.1. The van der Waals surface area contributed by atoms with Gasteiger partial charge in [-0.3, -0.25) is 4.79 Å². The van der Waals surface area contributed by atoms with Crippen LogP contribution in [0.1, 0.15) is 54.5 Å². The van der Waals surface area contributed by atoms with Crippen LogP contribution in [0.25, 0.3) is 28.3 Å². The van der Waals surface area contributed by atoms with Gasteiger partial charge in [0.2, 0.25) is 10.0 Å². The van der Waals surface area contributed by atoms with Gasteiger partial charge in [0.1, 0.15) is 17.3 Å². The molecule has 0 unspecified atom stereocenters. The van der Waals surface area contributed by atoms with Crippen molar-refractivity contribution in [1.82, 2.24) is 14.2 Å². The van der Waals surface area contributed by atoms with E-state index in [0.717, 1.165) is 4.31 Å². The number of hydrogen-bond acceptors (Lipinski definition) is 7. The molecule has 1 aromatic heterocycles. The second-order valence-corrected chi connectivity index (χ2v) is 14.1. The summed E-state index contributed by atoms with van der Waals surface area (Å²) in [5.74, 6) is -2.98. The summed E-state index contributed by atoms with van der Waals surface area (Å²) in [7, 11) is -0.797. The maximum absolute atomic E-state index is 14.2. The number of carboxylic acids is 1. The number of nitrogens with zero attached hydrogens (tertiary/aromatic N) is 2. The number of rotatable bonds is 14. The lowest BCUT2D eigenvalue weighted by atomic mass is 9.94. The number of aromatic nitrogens is 1. The minimum absolute atomic E-state index is 0.0271. The largest absolute Gasteiger partial charge is 0.550 e. The van der Waals surface area contributed by atoms with Gasteiger partial charge in [-0.2, -0.15) is 0 Å². The number of amides is 1. The van der Waals surface area contributed by atoms with Gasteiger partial charge in [0.05, 0.1) is 17.1 Å². The number of aliphatic hydroxyl groups is 2. The molecule has 0 saturated carbocycles. The van der Waals surface area contributed by atoms with Crippen LogP contribution in [0.5, 0.6) is 0 Å². The predicted molar refractivity (Wildman–Crippen MR) is 179 cm³/mol. The number of carbonyl (C=O) groups is 2. The second kappa shape index (κ2) is 15.7. The normalized spacial score (nSPS) is 13.3. The zero-order valence-corrected chi connectivity index (χ0v) is 28.2. The Kier molecular flexibility index (Phi) is 11.9. The predicted octanol–water partition coefficient (Wildman–Crippen LogP) is 4.13. The number of carbonyl (C=O) groups excluding carboxylic acids is 2. The molecule has 0 bridgehead atoms. The molecule has 0 aliphatic rings. The summed E-state index contributed by atoms with van der Waals surface area (Å²) in [6, 6.07) is 16.8. The third-order valence-electron chi connectivity index (χ3n) is 7.79. The average molecular weight is 695 g/mol. The number of sulfonamides is 1. The highest BCUT2D eigenvalue weighted by Gasteiger charge is 2.29. The van der Waals surface area contributed by atoms with Gasteiger partial charge in [0, 0.05) is 62.3 Å². The fourth-order valence-electron chi connectivity index (χ4n) is 5.43. The monoisotopic (exact) mass is 694 g/mol. The van der Waals surface area contributed by atoms with E-state index in [1.807, 2.05) is 13.8 Å². The van der Waals surface area contributed by atoms with Crippen LogP contribution in [0, 0.1) is 11.6 Å². The van der Waals surface area contributed by atoms with Gasteiger partial charge in [-0.15, -0.1) is 0 Å². The van der Waals surface area contributed by atoms with Crippen LogP contribution in [0.4, 0.5) is 8.78 Å². The standard InChI is InChI=1S/C36H39F2N3O7S/c1-22(2)41-31(18-15-28(42)19-29(43)20-32(44)45)33(24-7-11-26(37)12-8-24)34(25-9-13-27(38)14-10-25)35(41)36(46)39-21-23-5-16-30(17-6-23)49(47,48)40(3)4/h5-18,22,28-29,42-43H,19-21H2,1-4H3,(H,39,46)(H,44,45)/p-1/b18-15+/t28-,29-/m1/s1. The highest BCUT2D eigenvalue weighted by molar-refractivity contribution is 7.89. The van der Waals surface area contributed by atoms with Crippen LogP contribution in [0.2, 0.25) is 0 Å². The summed E-state index contributed by atoms with van der Waals surface area (Å²) in [5.41, 5.74) is 3.09. The molecule has 260 valence electrons. The molecule has 10 nitrogen and oxygen atoms in total. The zero-order valence-electron chi connectivity index (χ0n) is 27.4. The zero-order chi connectivity index (χ0) is 36.0. The van der Waals surface area contributed by atoms with Crippen molar-refractivity contribution in [2.45, 2.75) is 56.4 Å². The number of halogens is 2. The van der Waals surface area contributed by atoms with Crippen LogP contribution in [0.3, 0.4) is 0 Å².